The second kappa shape index (κ2) is 29.9. The van der Waals surface area contributed by atoms with Crippen LogP contribution in [-0.4, -0.2) is 31.4 Å². The predicted molar refractivity (Wildman–Crippen MR) is 259 cm³/mol. The van der Waals surface area contributed by atoms with Crippen LogP contribution in [0.4, 0.5) is 79.0 Å². The second-order valence-corrected chi connectivity index (χ2v) is 19.8. The highest BCUT2D eigenvalue weighted by Gasteiger charge is 2.49. The van der Waals surface area contributed by atoms with Crippen LogP contribution in [0.1, 0.15) is 214 Å². The number of halogens is 18. The van der Waals surface area contributed by atoms with E-state index in [0.717, 1.165) is 51.4 Å². The van der Waals surface area contributed by atoms with E-state index in [9.17, 15) is 65.9 Å². The molecule has 4 nitrogen and oxygen atoms in total. The van der Waals surface area contributed by atoms with E-state index >= 15 is 13.2 Å². The largest absolute Gasteiger partial charge is 0.864 e. The van der Waals surface area contributed by atoms with Crippen molar-refractivity contribution in [1.29, 1.82) is 0 Å². The molecule has 0 fully saturated rings. The van der Waals surface area contributed by atoms with E-state index in [0.29, 0.717) is 51.4 Å². The Labute approximate surface area is 440 Å². The minimum Gasteiger partial charge on any atom is -0.490 e. The molecule has 0 aromatic heterocycles. The summed E-state index contributed by atoms with van der Waals surface area (Å²) < 4.78 is 277. The first-order chi connectivity index (χ1) is 35.8. The average molecular weight is 1130 g/mol. The van der Waals surface area contributed by atoms with Crippen molar-refractivity contribution in [2.45, 2.75) is 212 Å². The van der Waals surface area contributed by atoms with Crippen LogP contribution >= 0.6 is 0 Å². The summed E-state index contributed by atoms with van der Waals surface area (Å²) >= 11 is 0. The van der Waals surface area contributed by atoms with Crippen LogP contribution in [-0.2, 0) is 37.1 Å². The number of quaternary nitrogens is 1. The van der Waals surface area contributed by atoms with E-state index in [1.807, 2.05) is 0 Å². The normalized spacial score (nSPS) is 13.5. The average Bonchev–Trinajstić information content (AvgIpc) is 3.32. The van der Waals surface area contributed by atoms with Crippen molar-refractivity contribution in [3.8, 4) is 17.2 Å². The summed E-state index contributed by atoms with van der Waals surface area (Å²) in [5, 5.41) is 0. The van der Waals surface area contributed by atoms with Crippen LogP contribution in [0.3, 0.4) is 0 Å². The Morgan fingerprint density at radius 3 is 0.948 bits per heavy atom. The molecule has 0 saturated carbocycles. The Balaban J connectivity index is 2.36. The van der Waals surface area contributed by atoms with Gasteiger partial charge in [0.25, 0.3) is 0 Å². The van der Waals surface area contributed by atoms with E-state index in [-0.39, 0.29) is 85.5 Å². The minimum absolute atomic E-state index is 0.0679. The zero-order valence-electron chi connectivity index (χ0n) is 43.9. The number of unbranched alkanes of at least 4 members (excludes halogenated alkanes) is 17. The smallest absolute Gasteiger partial charge is 0.490 e. The summed E-state index contributed by atoms with van der Waals surface area (Å²) in [5.74, 6) is -4.52. The van der Waals surface area contributed by atoms with Gasteiger partial charge in [-0.15, -0.1) is 0 Å². The maximum absolute atomic E-state index is 15.8. The molecule has 0 saturated heterocycles. The van der Waals surface area contributed by atoms with Crippen LogP contribution in [0.2, 0.25) is 0 Å². The maximum atomic E-state index is 15.8. The third-order valence-corrected chi connectivity index (χ3v) is 13.5. The van der Waals surface area contributed by atoms with Gasteiger partial charge < -0.3 is 18.4 Å². The molecule has 3 aromatic rings. The predicted octanol–water partition coefficient (Wildman–Crippen LogP) is 20.8. The molecule has 3 rings (SSSR count). The molecule has 0 spiro atoms. The molecule has 23 heteroatoms. The number of hydrogen-bond acceptors (Lipinski definition) is 3. The standard InChI is InChI=1S/C54H71BF18NO3/c1-5-9-13-14-15-16-17-18-19-20-21-22-23-24-25-26-46(74(27-10-6-2,28-11-7-3)29-12-8-4)48-45(54(71,72)73)36-42(53(68,69)70)37-47(48)77-55(75-43-32-38(49(56,57)58)30-39(33-43)50(59,60)61)76-44-34-40(51(62,63)64)31-41(35-44)52(65,66)67/h30-37,46H,5-29H2,1-4H3/q+1. The van der Waals surface area contributed by atoms with Gasteiger partial charge in [0, 0.05) is 6.42 Å². The van der Waals surface area contributed by atoms with Gasteiger partial charge in [0.1, 0.15) is 23.3 Å². The first kappa shape index (κ1) is 67.1. The molecular weight excluding hydrogens is 1060 g/mol. The molecule has 1 atom stereocenters. The zero-order chi connectivity index (χ0) is 57.9. The van der Waals surface area contributed by atoms with Crippen LogP contribution in [0.15, 0.2) is 48.5 Å². The fourth-order valence-corrected chi connectivity index (χ4v) is 9.48. The van der Waals surface area contributed by atoms with E-state index in [4.69, 9.17) is 14.0 Å². The lowest BCUT2D eigenvalue weighted by Gasteiger charge is -2.47. The molecule has 0 aliphatic rings. The number of rotatable bonds is 33. The SMILES string of the molecule is CCCCCCCCCCCCCCCCCC(c1c(OB(Oc2cc(C(F)(F)F)cc(C(F)(F)F)c2)Oc2cc(C(F)(F)F)cc(C(F)(F)F)c2)cc(C(F)(F)F)cc1C(F)(F)F)[N+](CCCC)(CCCC)CCCC. The highest BCUT2D eigenvalue weighted by atomic mass is 19.4. The zero-order valence-corrected chi connectivity index (χ0v) is 43.9. The molecular formula is C54H71BF18NO3+. The van der Waals surface area contributed by atoms with Gasteiger partial charge in [0.2, 0.25) is 0 Å². The van der Waals surface area contributed by atoms with E-state index in [2.05, 4.69) is 6.92 Å². The first-order valence-corrected chi connectivity index (χ1v) is 26.6. The summed E-state index contributed by atoms with van der Waals surface area (Å²) in [6, 6.07) is -2.74. The number of hydrogen-bond donors (Lipinski definition) is 0. The van der Waals surface area contributed by atoms with Gasteiger partial charge >= 0.3 is 44.4 Å². The minimum atomic E-state index is -5.65. The molecule has 3 aromatic carbocycles. The van der Waals surface area contributed by atoms with Gasteiger partial charge in [0.05, 0.1) is 58.6 Å². The van der Waals surface area contributed by atoms with Crippen molar-refractivity contribution < 1.29 is 97.5 Å². The monoisotopic (exact) mass is 1130 g/mol. The summed E-state index contributed by atoms with van der Waals surface area (Å²) in [6.45, 7) is 8.08. The third kappa shape index (κ3) is 22.1. The molecule has 0 N–H and O–H groups in total. The fraction of sp³-hybridized carbons (Fsp3) is 0.667. The maximum Gasteiger partial charge on any atom is 0.864 e. The Morgan fingerprint density at radius 2 is 0.649 bits per heavy atom. The molecule has 0 heterocycles. The number of alkyl halides is 18. The van der Waals surface area contributed by atoms with Crippen LogP contribution < -0.4 is 14.0 Å². The molecule has 1 unspecified atom stereocenters. The topological polar surface area (TPSA) is 27.7 Å². The van der Waals surface area contributed by atoms with Crippen LogP contribution in [0.25, 0.3) is 0 Å². The summed E-state index contributed by atoms with van der Waals surface area (Å²) in [6.07, 6.45) is -16.9. The third-order valence-electron chi connectivity index (χ3n) is 13.5. The Bertz CT molecular complexity index is 2040. The highest BCUT2D eigenvalue weighted by molar-refractivity contribution is 6.39. The fourth-order valence-electron chi connectivity index (χ4n) is 9.48. The van der Waals surface area contributed by atoms with Crippen molar-refractivity contribution in [1.82, 2.24) is 0 Å². The van der Waals surface area contributed by atoms with Gasteiger partial charge in [0.15, 0.2) is 0 Å². The van der Waals surface area contributed by atoms with E-state index < -0.39 is 107 Å². The molecule has 0 bridgehead atoms. The van der Waals surface area contributed by atoms with Crippen LogP contribution in [0.5, 0.6) is 17.2 Å². The van der Waals surface area contributed by atoms with Crippen molar-refractivity contribution >= 4 is 7.32 Å². The molecule has 0 aliphatic heterocycles. The second-order valence-electron chi connectivity index (χ2n) is 19.8. The van der Waals surface area contributed by atoms with Gasteiger partial charge in [-0.05, 0) is 74.2 Å². The van der Waals surface area contributed by atoms with Crippen molar-refractivity contribution in [3.05, 3.63) is 87.5 Å². The molecule has 438 valence electrons. The van der Waals surface area contributed by atoms with E-state index in [1.165, 1.54) is 25.7 Å². The summed E-state index contributed by atoms with van der Waals surface area (Å²) in [7, 11) is -3.28. The number of benzene rings is 3. The Kier molecular flexibility index (Phi) is 26.0. The summed E-state index contributed by atoms with van der Waals surface area (Å²) in [5.41, 5.74) is -13.2. The lowest BCUT2D eigenvalue weighted by molar-refractivity contribution is -0.958. The Hall–Kier alpha value is -4.18. The summed E-state index contributed by atoms with van der Waals surface area (Å²) in [4.78, 5) is 0. The molecule has 77 heavy (non-hydrogen) atoms. The molecule has 0 aliphatic carbocycles. The molecule has 0 amide bonds. The Morgan fingerprint density at radius 1 is 0.351 bits per heavy atom. The van der Waals surface area contributed by atoms with Crippen molar-refractivity contribution in [2.24, 2.45) is 0 Å². The van der Waals surface area contributed by atoms with Crippen LogP contribution in [0, 0.1) is 0 Å². The van der Waals surface area contributed by atoms with Gasteiger partial charge in [-0.2, -0.15) is 79.0 Å². The lowest BCUT2D eigenvalue weighted by atomic mass is 9.88. The van der Waals surface area contributed by atoms with Crippen molar-refractivity contribution in [2.75, 3.05) is 19.6 Å². The van der Waals surface area contributed by atoms with Gasteiger partial charge in [-0.1, -0.05) is 137 Å². The van der Waals surface area contributed by atoms with Gasteiger partial charge in [-0.25, -0.2) is 0 Å². The van der Waals surface area contributed by atoms with Crippen molar-refractivity contribution in [3.63, 3.8) is 0 Å². The molecule has 0 radical (unpaired) electrons. The van der Waals surface area contributed by atoms with Gasteiger partial charge in [-0.3, -0.25) is 0 Å². The highest BCUT2D eigenvalue weighted by Crippen LogP contribution is 2.50. The number of nitrogens with zero attached hydrogens (tertiary/aromatic N) is 1. The quantitative estimate of drug-likeness (QED) is 0.0263. The lowest BCUT2D eigenvalue weighted by Crippen LogP contribution is -2.53. The first-order valence-electron chi connectivity index (χ1n) is 26.6. The van der Waals surface area contributed by atoms with E-state index in [1.54, 1.807) is 20.8 Å².